The second kappa shape index (κ2) is 9.47. The van der Waals surface area contributed by atoms with Crippen LogP contribution in [0.5, 0.6) is 17.2 Å². The Morgan fingerprint density at radius 3 is 2.67 bits per heavy atom. The minimum Gasteiger partial charge on any atom is -0.494 e. The summed E-state index contributed by atoms with van der Waals surface area (Å²) in [5, 5.41) is 3.64. The van der Waals surface area contributed by atoms with Crippen molar-refractivity contribution < 1.29 is 32.2 Å². The van der Waals surface area contributed by atoms with Crippen molar-refractivity contribution in [1.29, 1.82) is 0 Å². The summed E-state index contributed by atoms with van der Waals surface area (Å²) in [7, 11) is 1.38. The van der Waals surface area contributed by atoms with Gasteiger partial charge >= 0.3 is 6.61 Å². The standard InChI is InChI=1S/C22H23F2NO5/c1-4-28-15-6-8-17-16(12-15)13(2)20(29-17)21(26)25-10-9-14-5-7-18(30-22(23)24)19(11-14)27-3/h5-8,11-12,22H,4,9-10H2,1-3H3,(H,25,26). The third kappa shape index (κ3) is 4.82. The van der Waals surface area contributed by atoms with Gasteiger partial charge in [0.15, 0.2) is 17.3 Å². The second-order valence-electron chi connectivity index (χ2n) is 6.52. The van der Waals surface area contributed by atoms with Gasteiger partial charge in [-0.25, -0.2) is 0 Å². The van der Waals surface area contributed by atoms with E-state index in [0.717, 1.165) is 16.5 Å². The van der Waals surface area contributed by atoms with Gasteiger partial charge in [0.05, 0.1) is 13.7 Å². The van der Waals surface area contributed by atoms with Crippen LogP contribution in [0.1, 0.15) is 28.6 Å². The molecular weight excluding hydrogens is 396 g/mol. The summed E-state index contributed by atoms with van der Waals surface area (Å²) in [5.74, 6) is 0.805. The number of hydrogen-bond donors (Lipinski definition) is 1. The van der Waals surface area contributed by atoms with E-state index in [4.69, 9.17) is 13.9 Å². The number of ether oxygens (including phenoxy) is 3. The number of methoxy groups -OCH3 is 1. The molecule has 160 valence electrons. The van der Waals surface area contributed by atoms with E-state index in [1.54, 1.807) is 24.3 Å². The molecule has 1 aromatic heterocycles. The molecule has 2 aromatic carbocycles. The highest BCUT2D eigenvalue weighted by Gasteiger charge is 2.18. The molecule has 0 aliphatic heterocycles. The van der Waals surface area contributed by atoms with E-state index in [2.05, 4.69) is 10.1 Å². The smallest absolute Gasteiger partial charge is 0.387 e. The zero-order valence-corrected chi connectivity index (χ0v) is 17.0. The van der Waals surface area contributed by atoms with Gasteiger partial charge in [-0.3, -0.25) is 4.79 Å². The summed E-state index contributed by atoms with van der Waals surface area (Å²) in [6.45, 7) is 1.68. The monoisotopic (exact) mass is 419 g/mol. The zero-order chi connectivity index (χ0) is 21.7. The molecule has 0 bridgehead atoms. The van der Waals surface area contributed by atoms with E-state index in [1.807, 2.05) is 19.9 Å². The summed E-state index contributed by atoms with van der Waals surface area (Å²) in [6.07, 6.45) is 0.477. The number of carbonyl (C=O) groups excluding carboxylic acids is 1. The molecule has 0 radical (unpaired) electrons. The van der Waals surface area contributed by atoms with Crippen molar-refractivity contribution >= 4 is 16.9 Å². The Kier molecular flexibility index (Phi) is 6.76. The molecule has 1 amide bonds. The molecule has 0 unspecified atom stereocenters. The highest BCUT2D eigenvalue weighted by Crippen LogP contribution is 2.30. The summed E-state index contributed by atoms with van der Waals surface area (Å²) in [6, 6.07) is 10.1. The van der Waals surface area contributed by atoms with Gasteiger partial charge in [0, 0.05) is 17.5 Å². The lowest BCUT2D eigenvalue weighted by Crippen LogP contribution is -2.25. The normalized spacial score (nSPS) is 11.0. The first-order valence-electron chi connectivity index (χ1n) is 9.48. The van der Waals surface area contributed by atoms with Crippen molar-refractivity contribution in [3.05, 3.63) is 53.3 Å². The molecule has 3 rings (SSSR count). The van der Waals surface area contributed by atoms with Crippen LogP contribution in [0.15, 0.2) is 40.8 Å². The van der Waals surface area contributed by atoms with Crippen molar-refractivity contribution in [3.63, 3.8) is 0 Å². The van der Waals surface area contributed by atoms with Crippen molar-refractivity contribution in [1.82, 2.24) is 5.32 Å². The number of fused-ring (bicyclic) bond motifs is 1. The van der Waals surface area contributed by atoms with Crippen molar-refractivity contribution in [3.8, 4) is 17.2 Å². The van der Waals surface area contributed by atoms with Crippen LogP contribution in [0, 0.1) is 6.92 Å². The molecular formula is C22H23F2NO5. The van der Waals surface area contributed by atoms with Gasteiger partial charge in [0.1, 0.15) is 11.3 Å². The van der Waals surface area contributed by atoms with Gasteiger partial charge in [0.2, 0.25) is 0 Å². The Bertz CT molecular complexity index is 1030. The summed E-state index contributed by atoms with van der Waals surface area (Å²) in [4.78, 5) is 12.6. The fourth-order valence-corrected chi connectivity index (χ4v) is 3.13. The molecule has 0 saturated carbocycles. The van der Waals surface area contributed by atoms with Gasteiger partial charge < -0.3 is 23.9 Å². The van der Waals surface area contributed by atoms with Crippen LogP contribution >= 0.6 is 0 Å². The van der Waals surface area contributed by atoms with Gasteiger partial charge in [-0.15, -0.1) is 0 Å². The molecule has 30 heavy (non-hydrogen) atoms. The molecule has 1 heterocycles. The van der Waals surface area contributed by atoms with E-state index in [1.165, 1.54) is 13.2 Å². The summed E-state index contributed by atoms with van der Waals surface area (Å²) in [5.41, 5.74) is 2.15. The Balaban J connectivity index is 1.65. The molecule has 0 spiro atoms. The van der Waals surface area contributed by atoms with Gasteiger partial charge in [-0.05, 0) is 56.2 Å². The van der Waals surface area contributed by atoms with E-state index in [0.29, 0.717) is 30.9 Å². The van der Waals surface area contributed by atoms with E-state index in [-0.39, 0.29) is 23.2 Å². The van der Waals surface area contributed by atoms with Crippen LogP contribution in [0.3, 0.4) is 0 Å². The number of benzene rings is 2. The molecule has 0 saturated heterocycles. The topological polar surface area (TPSA) is 69.9 Å². The molecule has 0 aliphatic rings. The highest BCUT2D eigenvalue weighted by atomic mass is 19.3. The lowest BCUT2D eigenvalue weighted by atomic mass is 10.1. The average molecular weight is 419 g/mol. The average Bonchev–Trinajstić information content (AvgIpc) is 3.05. The molecule has 0 atom stereocenters. The molecule has 3 aromatic rings. The fraction of sp³-hybridized carbons (Fsp3) is 0.318. The first kappa shape index (κ1) is 21.4. The van der Waals surface area contributed by atoms with E-state index in [9.17, 15) is 13.6 Å². The maximum Gasteiger partial charge on any atom is 0.387 e. The number of alkyl halides is 2. The number of carbonyl (C=O) groups is 1. The van der Waals surface area contributed by atoms with Crippen LogP contribution in [-0.2, 0) is 6.42 Å². The molecule has 0 fully saturated rings. The van der Waals surface area contributed by atoms with Crippen LogP contribution in [0.2, 0.25) is 0 Å². The van der Waals surface area contributed by atoms with Crippen LogP contribution in [0.25, 0.3) is 11.0 Å². The second-order valence-corrected chi connectivity index (χ2v) is 6.52. The molecule has 6 nitrogen and oxygen atoms in total. The maximum absolute atomic E-state index is 12.6. The SMILES string of the molecule is CCOc1ccc2oc(C(=O)NCCc3ccc(OC(F)F)c(OC)c3)c(C)c2c1. The van der Waals surface area contributed by atoms with Gasteiger partial charge in [-0.1, -0.05) is 6.07 Å². The van der Waals surface area contributed by atoms with Crippen LogP contribution < -0.4 is 19.5 Å². The number of aryl methyl sites for hydroxylation is 1. The number of nitrogens with one attached hydrogen (secondary N) is 1. The van der Waals surface area contributed by atoms with Gasteiger partial charge in [0.25, 0.3) is 5.91 Å². The van der Waals surface area contributed by atoms with E-state index < -0.39 is 6.61 Å². The zero-order valence-electron chi connectivity index (χ0n) is 17.0. The van der Waals surface area contributed by atoms with E-state index >= 15 is 0 Å². The fourth-order valence-electron chi connectivity index (χ4n) is 3.13. The quantitative estimate of drug-likeness (QED) is 0.543. The number of halogens is 2. The summed E-state index contributed by atoms with van der Waals surface area (Å²) < 4.78 is 45.5. The Morgan fingerprint density at radius 2 is 1.97 bits per heavy atom. The highest BCUT2D eigenvalue weighted by molar-refractivity contribution is 5.99. The number of amides is 1. The van der Waals surface area contributed by atoms with Crippen LogP contribution in [-0.4, -0.2) is 32.8 Å². The Morgan fingerprint density at radius 1 is 1.17 bits per heavy atom. The van der Waals surface area contributed by atoms with Crippen molar-refractivity contribution in [2.45, 2.75) is 26.9 Å². The third-order valence-electron chi connectivity index (χ3n) is 4.57. The van der Waals surface area contributed by atoms with Crippen molar-refractivity contribution in [2.75, 3.05) is 20.3 Å². The predicted octanol–water partition coefficient (Wildman–Crippen LogP) is 4.72. The Hall–Kier alpha value is -3.29. The van der Waals surface area contributed by atoms with Gasteiger partial charge in [-0.2, -0.15) is 8.78 Å². The molecule has 0 aliphatic carbocycles. The molecule has 8 heteroatoms. The Labute approximate surface area is 172 Å². The minimum absolute atomic E-state index is 0.0374. The summed E-state index contributed by atoms with van der Waals surface area (Å²) >= 11 is 0. The number of furan rings is 1. The van der Waals surface area contributed by atoms with Crippen LogP contribution in [0.4, 0.5) is 8.78 Å². The predicted molar refractivity (Wildman–Crippen MR) is 108 cm³/mol. The minimum atomic E-state index is -2.93. The third-order valence-corrected chi connectivity index (χ3v) is 4.57. The van der Waals surface area contributed by atoms with Crippen molar-refractivity contribution in [2.24, 2.45) is 0 Å². The lowest BCUT2D eigenvalue weighted by Gasteiger charge is -2.11. The number of hydrogen-bond acceptors (Lipinski definition) is 5. The maximum atomic E-state index is 12.6. The largest absolute Gasteiger partial charge is 0.494 e. The molecule has 1 N–H and O–H groups in total. The lowest BCUT2D eigenvalue weighted by molar-refractivity contribution is -0.0512. The first-order chi connectivity index (χ1) is 14.4. The number of rotatable bonds is 9. The first-order valence-corrected chi connectivity index (χ1v) is 9.48.